The maximum absolute atomic E-state index is 12.8. The maximum atomic E-state index is 12.8. The van der Waals surface area contributed by atoms with Gasteiger partial charge in [-0.3, -0.25) is 9.78 Å². The summed E-state index contributed by atoms with van der Waals surface area (Å²) in [5, 5.41) is 15.4. The molecular formula is C20H21BrN6O3. The molecular weight excluding hydrogens is 452 g/mol. The summed E-state index contributed by atoms with van der Waals surface area (Å²) in [5.41, 5.74) is 3.48. The van der Waals surface area contributed by atoms with E-state index >= 15 is 0 Å². The minimum Gasteiger partial charge on any atom is -0.465 e. The van der Waals surface area contributed by atoms with Gasteiger partial charge in [-0.1, -0.05) is 0 Å². The van der Waals surface area contributed by atoms with E-state index in [2.05, 4.69) is 46.4 Å². The second-order valence-electron chi connectivity index (χ2n) is 7.32. The van der Waals surface area contributed by atoms with Gasteiger partial charge in [0.05, 0.1) is 26.8 Å². The number of carbonyl (C=O) groups excluding carboxylic acids is 1. The number of nitrogens with one attached hydrogen (secondary N) is 3. The largest absolute Gasteiger partial charge is 0.465 e. The first-order chi connectivity index (χ1) is 14.4. The standard InChI is InChI=1S/C20H21BrN6O3/c1-11-5-12(7-22-6-11)19(28)26-15-9-24-18-16(15)17(14(21)8-23-18)27-4-2-3-13(10-27)25-20(29)30/h5-9,13,25H,2-4,10H2,1H3,(H,23,24)(H,26,28)(H,29,30). The number of hydrogen-bond donors (Lipinski definition) is 4. The van der Waals surface area contributed by atoms with E-state index in [0.717, 1.165) is 40.5 Å². The van der Waals surface area contributed by atoms with E-state index in [9.17, 15) is 9.59 Å². The van der Waals surface area contributed by atoms with Gasteiger partial charge >= 0.3 is 6.09 Å². The summed E-state index contributed by atoms with van der Waals surface area (Å²) in [5.74, 6) is -0.262. The van der Waals surface area contributed by atoms with Gasteiger partial charge in [-0.15, -0.1) is 0 Å². The number of carboxylic acid groups (broad SMARTS) is 1. The molecule has 0 spiro atoms. The number of aryl methyl sites for hydroxylation is 1. The van der Waals surface area contributed by atoms with Gasteiger partial charge in [0.2, 0.25) is 0 Å². The number of carbonyl (C=O) groups is 2. The highest BCUT2D eigenvalue weighted by Gasteiger charge is 2.26. The molecule has 156 valence electrons. The molecule has 10 heteroatoms. The quantitative estimate of drug-likeness (QED) is 0.460. The number of rotatable bonds is 4. The minimum atomic E-state index is -1.03. The van der Waals surface area contributed by atoms with Crippen LogP contribution in [0.2, 0.25) is 0 Å². The van der Waals surface area contributed by atoms with Crippen LogP contribution in [-0.4, -0.2) is 51.2 Å². The van der Waals surface area contributed by atoms with Gasteiger partial charge in [-0.25, -0.2) is 9.78 Å². The Labute approximate surface area is 181 Å². The first kappa shape index (κ1) is 20.1. The number of piperidine rings is 1. The van der Waals surface area contributed by atoms with E-state index in [4.69, 9.17) is 5.11 Å². The summed E-state index contributed by atoms with van der Waals surface area (Å²) in [4.78, 5) is 37.6. The van der Waals surface area contributed by atoms with Crippen molar-refractivity contribution >= 4 is 50.3 Å². The third-order valence-corrected chi connectivity index (χ3v) is 5.66. The first-order valence-corrected chi connectivity index (χ1v) is 10.3. The van der Waals surface area contributed by atoms with Crippen molar-refractivity contribution in [3.05, 3.63) is 46.5 Å². The van der Waals surface area contributed by atoms with Crippen molar-refractivity contribution in [1.82, 2.24) is 20.3 Å². The molecule has 4 rings (SSSR count). The third-order valence-electron chi connectivity index (χ3n) is 5.08. The normalized spacial score (nSPS) is 16.5. The summed E-state index contributed by atoms with van der Waals surface area (Å²) in [6.07, 6.45) is 7.25. The van der Waals surface area contributed by atoms with Crippen molar-refractivity contribution < 1.29 is 14.7 Å². The predicted molar refractivity (Wildman–Crippen MR) is 117 cm³/mol. The topological polar surface area (TPSA) is 123 Å². The number of anilines is 2. The highest BCUT2D eigenvalue weighted by atomic mass is 79.9. The van der Waals surface area contributed by atoms with Gasteiger partial charge in [0, 0.05) is 43.9 Å². The minimum absolute atomic E-state index is 0.165. The summed E-state index contributed by atoms with van der Waals surface area (Å²) < 4.78 is 0.776. The van der Waals surface area contributed by atoms with E-state index in [1.54, 1.807) is 24.7 Å². The molecule has 9 nitrogen and oxygen atoms in total. The molecule has 1 aliphatic rings. The molecule has 1 unspecified atom stereocenters. The van der Waals surface area contributed by atoms with Crippen LogP contribution in [0.3, 0.4) is 0 Å². The molecule has 0 bridgehead atoms. The van der Waals surface area contributed by atoms with Crippen LogP contribution in [0, 0.1) is 6.92 Å². The number of amides is 2. The molecule has 3 aromatic rings. The highest BCUT2D eigenvalue weighted by Crippen LogP contribution is 2.39. The maximum Gasteiger partial charge on any atom is 0.404 e. The zero-order valence-electron chi connectivity index (χ0n) is 16.3. The van der Waals surface area contributed by atoms with Crippen LogP contribution < -0.4 is 15.5 Å². The molecule has 30 heavy (non-hydrogen) atoms. The average molecular weight is 473 g/mol. The van der Waals surface area contributed by atoms with Gasteiger partial charge in [-0.05, 0) is 47.3 Å². The predicted octanol–water partition coefficient (Wildman–Crippen LogP) is 3.52. The van der Waals surface area contributed by atoms with E-state index in [-0.39, 0.29) is 11.9 Å². The fraction of sp³-hybridized carbons (Fsp3) is 0.300. The Bertz CT molecular complexity index is 1120. The molecule has 4 heterocycles. The van der Waals surface area contributed by atoms with Gasteiger partial charge in [0.25, 0.3) is 5.91 Å². The molecule has 1 atom stereocenters. The second kappa shape index (κ2) is 8.31. The lowest BCUT2D eigenvalue weighted by Crippen LogP contribution is -2.47. The summed E-state index contributed by atoms with van der Waals surface area (Å²) >= 11 is 3.59. The van der Waals surface area contributed by atoms with E-state index in [1.165, 1.54) is 6.20 Å². The zero-order chi connectivity index (χ0) is 21.3. The SMILES string of the molecule is Cc1cncc(C(=O)Nc2c[nH]c3ncc(Br)c(N4CCCC(NC(=O)O)C4)c23)c1. The van der Waals surface area contributed by atoms with Crippen LogP contribution >= 0.6 is 15.9 Å². The molecule has 3 aromatic heterocycles. The number of H-pyrrole nitrogens is 1. The van der Waals surface area contributed by atoms with E-state index < -0.39 is 6.09 Å². The second-order valence-corrected chi connectivity index (χ2v) is 8.17. The van der Waals surface area contributed by atoms with Crippen molar-refractivity contribution in [1.29, 1.82) is 0 Å². The third kappa shape index (κ3) is 4.09. The van der Waals surface area contributed by atoms with Gasteiger partial charge in [0.1, 0.15) is 5.65 Å². The van der Waals surface area contributed by atoms with Crippen LogP contribution in [-0.2, 0) is 0 Å². The fourth-order valence-electron chi connectivity index (χ4n) is 3.81. The lowest BCUT2D eigenvalue weighted by Gasteiger charge is -2.35. The van der Waals surface area contributed by atoms with Crippen molar-refractivity contribution in [2.75, 3.05) is 23.3 Å². The Balaban J connectivity index is 1.69. The van der Waals surface area contributed by atoms with Crippen LogP contribution in [0.1, 0.15) is 28.8 Å². The number of halogens is 1. The molecule has 1 aliphatic heterocycles. The number of nitrogens with zero attached hydrogens (tertiary/aromatic N) is 3. The summed E-state index contributed by atoms with van der Waals surface area (Å²) in [6, 6.07) is 1.61. The fourth-order valence-corrected chi connectivity index (χ4v) is 4.36. The number of aromatic nitrogens is 3. The molecule has 4 N–H and O–H groups in total. The Morgan fingerprint density at radius 2 is 2.17 bits per heavy atom. The Morgan fingerprint density at radius 1 is 1.33 bits per heavy atom. The van der Waals surface area contributed by atoms with Crippen LogP contribution in [0.4, 0.5) is 16.2 Å². The van der Waals surface area contributed by atoms with Crippen LogP contribution in [0.5, 0.6) is 0 Å². The molecule has 1 saturated heterocycles. The smallest absolute Gasteiger partial charge is 0.404 e. The summed E-state index contributed by atoms with van der Waals surface area (Å²) in [7, 11) is 0. The lowest BCUT2D eigenvalue weighted by molar-refractivity contribution is 0.102. The highest BCUT2D eigenvalue weighted by molar-refractivity contribution is 9.10. The number of aromatic amines is 1. The number of pyridine rings is 2. The van der Waals surface area contributed by atoms with Crippen molar-refractivity contribution in [2.45, 2.75) is 25.8 Å². The molecule has 0 saturated carbocycles. The Hall–Kier alpha value is -3.14. The van der Waals surface area contributed by atoms with Crippen molar-refractivity contribution in [3.63, 3.8) is 0 Å². The Morgan fingerprint density at radius 3 is 2.93 bits per heavy atom. The molecule has 1 fully saturated rings. The molecule has 0 aromatic carbocycles. The van der Waals surface area contributed by atoms with Crippen LogP contribution in [0.15, 0.2) is 35.3 Å². The van der Waals surface area contributed by atoms with Gasteiger partial charge < -0.3 is 25.6 Å². The van der Waals surface area contributed by atoms with Crippen molar-refractivity contribution in [3.8, 4) is 0 Å². The Kier molecular flexibility index (Phi) is 5.58. The summed E-state index contributed by atoms with van der Waals surface area (Å²) in [6.45, 7) is 3.19. The van der Waals surface area contributed by atoms with Crippen LogP contribution in [0.25, 0.3) is 11.0 Å². The number of hydrogen-bond acceptors (Lipinski definition) is 5. The molecule has 0 radical (unpaired) electrons. The van der Waals surface area contributed by atoms with Gasteiger partial charge in [0.15, 0.2) is 0 Å². The van der Waals surface area contributed by atoms with E-state index in [0.29, 0.717) is 23.4 Å². The first-order valence-electron chi connectivity index (χ1n) is 9.55. The van der Waals surface area contributed by atoms with Crippen molar-refractivity contribution in [2.24, 2.45) is 0 Å². The lowest BCUT2D eigenvalue weighted by atomic mass is 10.0. The number of fused-ring (bicyclic) bond motifs is 1. The van der Waals surface area contributed by atoms with Gasteiger partial charge in [-0.2, -0.15) is 0 Å². The molecule has 0 aliphatic carbocycles. The zero-order valence-corrected chi connectivity index (χ0v) is 17.9. The average Bonchev–Trinajstić information content (AvgIpc) is 3.10. The molecule has 2 amide bonds. The van der Waals surface area contributed by atoms with E-state index in [1.807, 2.05) is 6.92 Å². The monoisotopic (exact) mass is 472 g/mol.